The molecule has 1 amide bonds. The second-order valence-electron chi connectivity index (χ2n) is 5.67. The highest BCUT2D eigenvalue weighted by molar-refractivity contribution is 6.31. The molecule has 1 aliphatic carbocycles. The van der Waals surface area contributed by atoms with Crippen molar-refractivity contribution in [3.8, 4) is 0 Å². The van der Waals surface area contributed by atoms with Gasteiger partial charge in [0.1, 0.15) is 5.69 Å². The fourth-order valence-corrected chi connectivity index (χ4v) is 2.92. The summed E-state index contributed by atoms with van der Waals surface area (Å²) in [7, 11) is 0. The van der Waals surface area contributed by atoms with Crippen LogP contribution in [0.5, 0.6) is 0 Å². The number of halogens is 1. The van der Waals surface area contributed by atoms with Crippen LogP contribution in [0, 0.1) is 0 Å². The Balaban J connectivity index is 1.61. The Hall–Kier alpha value is -2.14. The molecule has 0 unspecified atom stereocenters. The fraction of sp³-hybridized carbons (Fsp3) is 0.353. The first-order valence-electron chi connectivity index (χ1n) is 7.83. The molecule has 1 fully saturated rings. The minimum atomic E-state index is -0.234. The molecule has 2 N–H and O–H groups in total. The third kappa shape index (κ3) is 4.20. The molecular formula is C17H19ClN4O. The zero-order valence-electron chi connectivity index (χ0n) is 12.8. The van der Waals surface area contributed by atoms with Crippen LogP contribution in [-0.4, -0.2) is 21.9 Å². The van der Waals surface area contributed by atoms with Gasteiger partial charge in [0.05, 0.1) is 0 Å². The van der Waals surface area contributed by atoms with Crippen molar-refractivity contribution >= 4 is 23.5 Å². The van der Waals surface area contributed by atoms with E-state index in [9.17, 15) is 4.79 Å². The van der Waals surface area contributed by atoms with Gasteiger partial charge in [-0.3, -0.25) is 4.79 Å². The molecule has 0 radical (unpaired) electrons. The minimum absolute atomic E-state index is 0.234. The molecule has 1 saturated carbocycles. The van der Waals surface area contributed by atoms with E-state index in [2.05, 4.69) is 20.6 Å². The number of hydrogen-bond acceptors (Lipinski definition) is 4. The number of carbonyl (C=O) groups excluding carboxylic acids is 1. The van der Waals surface area contributed by atoms with Gasteiger partial charge in [0, 0.05) is 23.8 Å². The number of benzene rings is 1. The van der Waals surface area contributed by atoms with E-state index in [1.165, 1.54) is 12.8 Å². The van der Waals surface area contributed by atoms with Gasteiger partial charge in [0.15, 0.2) is 0 Å². The molecule has 0 bridgehead atoms. The first-order valence-corrected chi connectivity index (χ1v) is 8.21. The molecule has 2 aromatic rings. The summed E-state index contributed by atoms with van der Waals surface area (Å²) in [5, 5.41) is 6.77. The third-order valence-corrected chi connectivity index (χ3v) is 4.34. The van der Waals surface area contributed by atoms with Gasteiger partial charge in [0.2, 0.25) is 5.95 Å². The molecule has 0 atom stereocenters. The third-order valence-electron chi connectivity index (χ3n) is 3.97. The maximum absolute atomic E-state index is 12.2. The maximum Gasteiger partial charge on any atom is 0.270 e. The number of carbonyl (C=O) groups is 1. The normalized spacial score (nSPS) is 14.7. The summed E-state index contributed by atoms with van der Waals surface area (Å²) < 4.78 is 0. The molecule has 1 aromatic carbocycles. The Labute approximate surface area is 140 Å². The predicted octanol–water partition coefficient (Wildman–Crippen LogP) is 3.41. The van der Waals surface area contributed by atoms with Crippen LogP contribution in [0.2, 0.25) is 5.02 Å². The minimum Gasteiger partial charge on any atom is -0.351 e. The SMILES string of the molecule is O=C(NCc1ccccc1Cl)c1ccnc(NC2CCCC2)n1. The number of rotatable bonds is 5. The molecule has 1 aliphatic rings. The quantitative estimate of drug-likeness (QED) is 0.881. The summed E-state index contributed by atoms with van der Waals surface area (Å²) in [6.45, 7) is 0.369. The largest absolute Gasteiger partial charge is 0.351 e. The van der Waals surface area contributed by atoms with Gasteiger partial charge in [-0.15, -0.1) is 0 Å². The Morgan fingerprint density at radius 3 is 2.78 bits per heavy atom. The molecule has 0 spiro atoms. The highest BCUT2D eigenvalue weighted by atomic mass is 35.5. The van der Waals surface area contributed by atoms with Gasteiger partial charge >= 0.3 is 0 Å². The van der Waals surface area contributed by atoms with E-state index in [0.29, 0.717) is 29.3 Å². The molecule has 6 heteroatoms. The van der Waals surface area contributed by atoms with Crippen LogP contribution in [0.1, 0.15) is 41.7 Å². The number of hydrogen-bond donors (Lipinski definition) is 2. The van der Waals surface area contributed by atoms with Crippen molar-refractivity contribution in [1.29, 1.82) is 0 Å². The predicted molar refractivity (Wildman–Crippen MR) is 90.5 cm³/mol. The lowest BCUT2D eigenvalue weighted by Crippen LogP contribution is -2.25. The zero-order valence-corrected chi connectivity index (χ0v) is 13.5. The van der Waals surface area contributed by atoms with E-state index in [1.54, 1.807) is 18.3 Å². The lowest BCUT2D eigenvalue weighted by Gasteiger charge is -2.12. The molecule has 5 nitrogen and oxygen atoms in total. The van der Waals surface area contributed by atoms with Gasteiger partial charge in [0.25, 0.3) is 5.91 Å². The molecule has 23 heavy (non-hydrogen) atoms. The van der Waals surface area contributed by atoms with Crippen molar-refractivity contribution in [3.05, 3.63) is 52.8 Å². The number of anilines is 1. The highest BCUT2D eigenvalue weighted by Crippen LogP contribution is 2.20. The van der Waals surface area contributed by atoms with Crippen LogP contribution in [0.25, 0.3) is 0 Å². The molecule has 0 aliphatic heterocycles. The van der Waals surface area contributed by atoms with E-state index < -0.39 is 0 Å². The standard InChI is InChI=1S/C17H19ClN4O/c18-14-8-4-1-5-12(14)11-20-16(23)15-9-10-19-17(22-15)21-13-6-2-3-7-13/h1,4-5,8-10,13H,2-3,6-7,11H2,(H,20,23)(H,19,21,22). The molecule has 1 heterocycles. The van der Waals surface area contributed by atoms with Gasteiger partial charge < -0.3 is 10.6 Å². The van der Waals surface area contributed by atoms with Gasteiger partial charge in [-0.25, -0.2) is 9.97 Å². The van der Waals surface area contributed by atoms with Gasteiger partial charge in [-0.2, -0.15) is 0 Å². The summed E-state index contributed by atoms with van der Waals surface area (Å²) in [4.78, 5) is 20.7. The Bertz CT molecular complexity index is 686. The van der Waals surface area contributed by atoms with E-state index >= 15 is 0 Å². The van der Waals surface area contributed by atoms with Crippen LogP contribution >= 0.6 is 11.6 Å². The summed E-state index contributed by atoms with van der Waals surface area (Å²) in [6, 6.07) is 9.46. The van der Waals surface area contributed by atoms with E-state index in [4.69, 9.17) is 11.6 Å². The van der Waals surface area contributed by atoms with Crippen LogP contribution < -0.4 is 10.6 Å². The maximum atomic E-state index is 12.2. The average Bonchev–Trinajstić information content (AvgIpc) is 3.07. The first-order chi connectivity index (χ1) is 11.2. The smallest absolute Gasteiger partial charge is 0.270 e. The topological polar surface area (TPSA) is 66.9 Å². The zero-order chi connectivity index (χ0) is 16.1. The molecular weight excluding hydrogens is 312 g/mol. The van der Waals surface area contributed by atoms with E-state index in [-0.39, 0.29) is 5.91 Å². The van der Waals surface area contributed by atoms with Crippen molar-refractivity contribution in [2.45, 2.75) is 38.3 Å². The summed E-state index contributed by atoms with van der Waals surface area (Å²) in [6.07, 6.45) is 6.33. The second-order valence-corrected chi connectivity index (χ2v) is 6.07. The lowest BCUT2D eigenvalue weighted by atomic mass is 10.2. The first kappa shape index (κ1) is 15.7. The molecule has 1 aromatic heterocycles. The number of aromatic nitrogens is 2. The monoisotopic (exact) mass is 330 g/mol. The van der Waals surface area contributed by atoms with Crippen molar-refractivity contribution < 1.29 is 4.79 Å². The van der Waals surface area contributed by atoms with Crippen molar-refractivity contribution in [1.82, 2.24) is 15.3 Å². The highest BCUT2D eigenvalue weighted by Gasteiger charge is 2.16. The summed E-state index contributed by atoms with van der Waals surface area (Å²) >= 11 is 6.09. The lowest BCUT2D eigenvalue weighted by molar-refractivity contribution is 0.0946. The Kier molecular flexibility index (Phi) is 5.08. The second kappa shape index (κ2) is 7.42. The Morgan fingerprint density at radius 1 is 1.22 bits per heavy atom. The molecule has 120 valence electrons. The number of nitrogens with one attached hydrogen (secondary N) is 2. The van der Waals surface area contributed by atoms with Gasteiger partial charge in [-0.1, -0.05) is 42.6 Å². The molecule has 0 saturated heterocycles. The number of nitrogens with zero attached hydrogens (tertiary/aromatic N) is 2. The van der Waals surface area contributed by atoms with Gasteiger partial charge in [-0.05, 0) is 30.5 Å². The van der Waals surface area contributed by atoms with Crippen LogP contribution in [0.3, 0.4) is 0 Å². The van der Waals surface area contributed by atoms with Crippen LogP contribution in [-0.2, 0) is 6.54 Å². The van der Waals surface area contributed by atoms with Crippen LogP contribution in [0.4, 0.5) is 5.95 Å². The van der Waals surface area contributed by atoms with Crippen molar-refractivity contribution in [2.75, 3.05) is 5.32 Å². The average molecular weight is 331 g/mol. The fourth-order valence-electron chi connectivity index (χ4n) is 2.72. The summed E-state index contributed by atoms with van der Waals surface area (Å²) in [5.74, 6) is 0.282. The molecule has 3 rings (SSSR count). The number of amides is 1. The van der Waals surface area contributed by atoms with Crippen LogP contribution in [0.15, 0.2) is 36.5 Å². The van der Waals surface area contributed by atoms with E-state index in [1.807, 2.05) is 18.2 Å². The Morgan fingerprint density at radius 2 is 2.00 bits per heavy atom. The van der Waals surface area contributed by atoms with E-state index in [0.717, 1.165) is 18.4 Å². The van der Waals surface area contributed by atoms with Crippen molar-refractivity contribution in [2.24, 2.45) is 0 Å². The summed E-state index contributed by atoms with van der Waals surface area (Å²) in [5.41, 5.74) is 1.23. The van der Waals surface area contributed by atoms with Crippen molar-refractivity contribution in [3.63, 3.8) is 0 Å².